The number of unbranched alkanes of at least 4 members (excludes halogenated alkanes) is 7. The fraction of sp³-hybridized carbons (Fsp3) is 0.390. The monoisotopic (exact) mass is 678 g/mol. The van der Waals surface area contributed by atoms with E-state index < -0.39 is 47.5 Å². The zero-order chi connectivity index (χ0) is 34.9. The van der Waals surface area contributed by atoms with Gasteiger partial charge in [-0.2, -0.15) is 0 Å². The molecule has 2 aliphatic heterocycles. The number of carbonyl (C=O) groups excluding carboxylic acids is 5. The Labute approximate surface area is 291 Å². The van der Waals surface area contributed by atoms with Crippen LogP contribution in [0.3, 0.4) is 0 Å². The zero-order valence-corrected chi connectivity index (χ0v) is 28.1. The van der Waals surface area contributed by atoms with Gasteiger partial charge in [-0.05, 0) is 72.2 Å². The van der Waals surface area contributed by atoms with Crippen molar-refractivity contribution in [1.82, 2.24) is 0 Å². The molecular weight excluding hydrogens is 636 g/mol. The second-order valence-corrected chi connectivity index (χ2v) is 13.2. The molecule has 6 rings (SSSR count). The van der Waals surface area contributed by atoms with Gasteiger partial charge in [0.2, 0.25) is 0 Å². The van der Waals surface area contributed by atoms with Gasteiger partial charge in [0.15, 0.2) is 5.78 Å². The van der Waals surface area contributed by atoms with Crippen LogP contribution in [0.2, 0.25) is 0 Å². The van der Waals surface area contributed by atoms with Crippen LogP contribution < -0.4 is 9.47 Å². The Balaban J connectivity index is 0.844. The number of allylic oxidation sites excluding steroid dienone is 1. The Morgan fingerprint density at radius 3 is 1.92 bits per heavy atom. The first-order valence-corrected chi connectivity index (χ1v) is 17.6. The maximum Gasteiger partial charge on any atom is 0.321 e. The summed E-state index contributed by atoms with van der Waals surface area (Å²) in [5.74, 6) is -3.40. The Morgan fingerprint density at radius 1 is 0.640 bits per heavy atom. The lowest BCUT2D eigenvalue weighted by Crippen LogP contribution is -2.31. The number of hydrogen-bond acceptors (Lipinski definition) is 9. The fourth-order valence-corrected chi connectivity index (χ4v) is 7.14. The van der Waals surface area contributed by atoms with E-state index in [1.165, 1.54) is 6.42 Å². The summed E-state index contributed by atoms with van der Waals surface area (Å²) >= 11 is 0. The molecule has 0 N–H and O–H groups in total. The third kappa shape index (κ3) is 8.56. The largest absolute Gasteiger partial charge is 0.494 e. The Bertz CT molecular complexity index is 1730. The molecule has 3 aliphatic rings. The number of rotatable bonds is 17. The first-order chi connectivity index (χ1) is 24.4. The third-order valence-corrected chi connectivity index (χ3v) is 9.79. The van der Waals surface area contributed by atoms with E-state index in [0.29, 0.717) is 30.1 Å². The van der Waals surface area contributed by atoms with Crippen molar-refractivity contribution >= 4 is 35.7 Å². The number of benzene rings is 3. The number of esters is 4. The van der Waals surface area contributed by atoms with Crippen molar-refractivity contribution in [3.8, 4) is 11.5 Å². The van der Waals surface area contributed by atoms with Gasteiger partial charge in [-0.3, -0.25) is 24.0 Å². The van der Waals surface area contributed by atoms with Crippen LogP contribution in [0.5, 0.6) is 11.5 Å². The molecule has 2 saturated heterocycles. The molecule has 1 aliphatic carbocycles. The molecule has 2 heterocycles. The van der Waals surface area contributed by atoms with Crippen molar-refractivity contribution in [3.05, 3.63) is 101 Å². The van der Waals surface area contributed by atoms with Crippen LogP contribution in [0.25, 0.3) is 6.08 Å². The van der Waals surface area contributed by atoms with Gasteiger partial charge in [-0.25, -0.2) is 0 Å². The quantitative estimate of drug-likeness (QED) is 0.0469. The average Bonchev–Trinajstić information content (AvgIpc) is 3.62. The zero-order valence-electron chi connectivity index (χ0n) is 28.1. The molecular formula is C41H42O9. The van der Waals surface area contributed by atoms with Crippen LogP contribution in [0.4, 0.5) is 0 Å². The first kappa shape index (κ1) is 34.8. The second-order valence-electron chi connectivity index (χ2n) is 13.2. The predicted molar refractivity (Wildman–Crippen MR) is 185 cm³/mol. The maximum absolute atomic E-state index is 12.6. The van der Waals surface area contributed by atoms with Crippen molar-refractivity contribution < 1.29 is 42.9 Å². The number of cyclic esters (lactones) is 4. The molecule has 0 bridgehead atoms. The van der Waals surface area contributed by atoms with Gasteiger partial charge < -0.3 is 18.9 Å². The van der Waals surface area contributed by atoms with Crippen molar-refractivity contribution in [2.24, 2.45) is 11.8 Å². The highest BCUT2D eigenvalue weighted by Crippen LogP contribution is 2.51. The van der Waals surface area contributed by atoms with E-state index in [-0.39, 0.29) is 18.6 Å². The Morgan fingerprint density at radius 2 is 1.26 bits per heavy atom. The van der Waals surface area contributed by atoms with Crippen LogP contribution in [0, 0.1) is 11.8 Å². The number of fused-ring (bicyclic) bond motifs is 3. The SMILES string of the molecule is O=C1CC(C2CC3C(=O)OC(=O)C3c3cc(OCCCCCCCCCCOc4ccc(/C=C/C(=O)c5ccccc5)cc4)ccc32)C(=O)O1. The average molecular weight is 679 g/mol. The molecule has 0 radical (unpaired) electrons. The molecule has 4 atom stereocenters. The van der Waals surface area contributed by atoms with Crippen LogP contribution >= 0.6 is 0 Å². The standard InChI is InChI=1S/C41H42O9/c42-36(28-12-8-7-9-13-28)21-16-27-14-17-29(18-15-27)47-22-10-5-3-1-2-4-6-11-23-48-30-19-20-31-32(34-26-37(43)49-39(34)44)25-35-38(33(31)24-30)41(46)50-40(35)45/h7-9,12-21,24,32,34-35,38H,1-6,10-11,22-23,25-26H2/b21-16+. The topological polar surface area (TPSA) is 122 Å². The third-order valence-electron chi connectivity index (χ3n) is 9.79. The molecule has 0 amide bonds. The van der Waals surface area contributed by atoms with Gasteiger partial charge in [0, 0.05) is 5.56 Å². The minimum Gasteiger partial charge on any atom is -0.494 e. The minimum atomic E-state index is -0.726. The lowest BCUT2D eigenvalue weighted by atomic mass is 9.67. The van der Waals surface area contributed by atoms with Crippen LogP contribution in [0.15, 0.2) is 78.9 Å². The molecule has 0 aromatic heterocycles. The number of ether oxygens (including phenoxy) is 4. The van der Waals surface area contributed by atoms with Crippen molar-refractivity contribution in [2.45, 2.75) is 76.0 Å². The van der Waals surface area contributed by atoms with E-state index in [9.17, 15) is 24.0 Å². The van der Waals surface area contributed by atoms with E-state index in [2.05, 4.69) is 0 Å². The van der Waals surface area contributed by atoms with Gasteiger partial charge >= 0.3 is 23.9 Å². The number of hydrogen-bond donors (Lipinski definition) is 0. The molecule has 4 unspecified atom stereocenters. The molecule has 9 heteroatoms. The van der Waals surface area contributed by atoms with E-state index in [0.717, 1.165) is 61.8 Å². The smallest absolute Gasteiger partial charge is 0.321 e. The van der Waals surface area contributed by atoms with Crippen molar-refractivity contribution in [2.75, 3.05) is 13.2 Å². The fourth-order valence-electron chi connectivity index (χ4n) is 7.14. The van der Waals surface area contributed by atoms with Crippen LogP contribution in [-0.2, 0) is 28.7 Å². The van der Waals surface area contributed by atoms with Gasteiger partial charge in [-0.1, -0.05) is 93.1 Å². The van der Waals surface area contributed by atoms with E-state index in [1.54, 1.807) is 24.3 Å². The van der Waals surface area contributed by atoms with Crippen LogP contribution in [0.1, 0.15) is 103 Å². The highest BCUT2D eigenvalue weighted by Gasteiger charge is 2.53. The Hall–Kier alpha value is -5.05. The van der Waals surface area contributed by atoms with Crippen LogP contribution in [-0.4, -0.2) is 42.9 Å². The first-order valence-electron chi connectivity index (χ1n) is 17.6. The lowest BCUT2D eigenvalue weighted by Gasteiger charge is -2.33. The summed E-state index contributed by atoms with van der Waals surface area (Å²) in [6.45, 7) is 1.21. The van der Waals surface area contributed by atoms with Gasteiger partial charge in [0.05, 0.1) is 37.4 Å². The van der Waals surface area contributed by atoms with Crippen molar-refractivity contribution in [1.29, 1.82) is 0 Å². The number of carbonyl (C=O) groups is 5. The summed E-state index contributed by atoms with van der Waals surface area (Å²) < 4.78 is 21.7. The van der Waals surface area contributed by atoms with E-state index in [1.807, 2.05) is 60.7 Å². The van der Waals surface area contributed by atoms with E-state index >= 15 is 0 Å². The van der Waals surface area contributed by atoms with Gasteiger partial charge in [-0.15, -0.1) is 0 Å². The molecule has 3 aromatic rings. The summed E-state index contributed by atoms with van der Waals surface area (Å²) in [5.41, 5.74) is 3.02. The van der Waals surface area contributed by atoms with Crippen molar-refractivity contribution in [3.63, 3.8) is 0 Å². The normalized spacial score (nSPS) is 21.1. The molecule has 9 nitrogen and oxygen atoms in total. The summed E-state index contributed by atoms with van der Waals surface area (Å²) in [4.78, 5) is 61.4. The summed E-state index contributed by atoms with van der Waals surface area (Å²) in [7, 11) is 0. The van der Waals surface area contributed by atoms with E-state index in [4.69, 9.17) is 18.9 Å². The number of ketones is 1. The second kappa shape index (κ2) is 16.6. The summed E-state index contributed by atoms with van der Waals surface area (Å²) in [6, 6.07) is 22.4. The molecule has 3 aromatic carbocycles. The minimum absolute atomic E-state index is 0.0198. The predicted octanol–water partition coefficient (Wildman–Crippen LogP) is 7.52. The molecule has 260 valence electrons. The van der Waals surface area contributed by atoms with Gasteiger partial charge in [0.25, 0.3) is 0 Å². The highest BCUT2D eigenvalue weighted by molar-refractivity contribution is 6.06. The lowest BCUT2D eigenvalue weighted by molar-refractivity contribution is -0.155. The summed E-state index contributed by atoms with van der Waals surface area (Å²) in [5, 5.41) is 0. The maximum atomic E-state index is 12.6. The highest BCUT2D eigenvalue weighted by atomic mass is 16.6. The molecule has 50 heavy (non-hydrogen) atoms. The molecule has 0 spiro atoms. The molecule has 0 saturated carbocycles. The molecule has 2 fully saturated rings. The van der Waals surface area contributed by atoms with Gasteiger partial charge in [0.1, 0.15) is 11.5 Å². The summed E-state index contributed by atoms with van der Waals surface area (Å²) in [6.07, 6.45) is 12.3. The Kier molecular flexibility index (Phi) is 11.5.